The fourth-order valence-electron chi connectivity index (χ4n) is 0.892. The van der Waals surface area contributed by atoms with Crippen molar-refractivity contribution in [3.8, 4) is 0 Å². The highest BCUT2D eigenvalue weighted by atomic mass is 32.2. The Morgan fingerprint density at radius 1 is 1.36 bits per heavy atom. The maximum absolute atomic E-state index is 4.30. The lowest BCUT2D eigenvalue weighted by molar-refractivity contribution is 0.324. The SMILES string of the molecule is CCN(CC)CCSC(C)S. The van der Waals surface area contributed by atoms with Crippen LogP contribution in [-0.2, 0) is 0 Å². The van der Waals surface area contributed by atoms with E-state index in [2.05, 4.69) is 38.3 Å². The monoisotopic (exact) mass is 193 g/mol. The summed E-state index contributed by atoms with van der Waals surface area (Å²) in [6.45, 7) is 10.1. The number of thiol groups is 1. The Hall–Kier alpha value is 0.660. The van der Waals surface area contributed by atoms with Crippen LogP contribution in [0.2, 0.25) is 0 Å². The molecule has 0 bridgehead atoms. The van der Waals surface area contributed by atoms with Gasteiger partial charge in [-0.05, 0) is 20.0 Å². The van der Waals surface area contributed by atoms with Gasteiger partial charge in [0.15, 0.2) is 0 Å². The van der Waals surface area contributed by atoms with Crippen LogP contribution < -0.4 is 0 Å². The lowest BCUT2D eigenvalue weighted by Gasteiger charge is -2.17. The number of rotatable bonds is 6. The number of nitrogens with zero attached hydrogens (tertiary/aromatic N) is 1. The molecule has 1 nitrogen and oxygen atoms in total. The maximum atomic E-state index is 4.30. The molecule has 0 spiro atoms. The van der Waals surface area contributed by atoms with Crippen LogP contribution in [0.4, 0.5) is 0 Å². The third-order valence-corrected chi connectivity index (χ3v) is 3.01. The second-order valence-corrected chi connectivity index (χ2v) is 5.07. The molecule has 0 aromatic rings. The van der Waals surface area contributed by atoms with Crippen LogP contribution in [0, 0.1) is 0 Å². The summed E-state index contributed by atoms with van der Waals surface area (Å²) in [5.41, 5.74) is 0. The van der Waals surface area contributed by atoms with Gasteiger partial charge in [0.1, 0.15) is 0 Å². The van der Waals surface area contributed by atoms with Crippen molar-refractivity contribution in [3.63, 3.8) is 0 Å². The van der Waals surface area contributed by atoms with Crippen molar-refractivity contribution in [1.82, 2.24) is 4.90 Å². The first-order chi connectivity index (χ1) is 5.20. The minimum Gasteiger partial charge on any atom is -0.303 e. The second kappa shape index (κ2) is 7.32. The van der Waals surface area contributed by atoms with E-state index in [0.29, 0.717) is 4.58 Å². The lowest BCUT2D eigenvalue weighted by atomic mass is 10.5. The third-order valence-electron chi connectivity index (χ3n) is 1.66. The molecular weight excluding hydrogens is 174 g/mol. The zero-order valence-corrected chi connectivity index (χ0v) is 9.42. The van der Waals surface area contributed by atoms with E-state index >= 15 is 0 Å². The molecule has 0 heterocycles. The molecule has 0 aromatic carbocycles. The van der Waals surface area contributed by atoms with Crippen molar-refractivity contribution < 1.29 is 0 Å². The van der Waals surface area contributed by atoms with Gasteiger partial charge in [0.2, 0.25) is 0 Å². The first kappa shape index (κ1) is 11.7. The number of hydrogen-bond acceptors (Lipinski definition) is 3. The highest BCUT2D eigenvalue weighted by Gasteiger charge is 1.99. The van der Waals surface area contributed by atoms with Gasteiger partial charge in [0, 0.05) is 16.9 Å². The largest absolute Gasteiger partial charge is 0.303 e. The van der Waals surface area contributed by atoms with Crippen LogP contribution in [0.5, 0.6) is 0 Å². The maximum Gasteiger partial charge on any atom is 0.0444 e. The Morgan fingerprint density at radius 3 is 2.27 bits per heavy atom. The van der Waals surface area contributed by atoms with Crippen LogP contribution >= 0.6 is 24.4 Å². The molecule has 1 atom stereocenters. The van der Waals surface area contributed by atoms with E-state index in [1.165, 1.54) is 12.3 Å². The average Bonchev–Trinajstić information content (AvgIpc) is 1.98. The molecule has 3 heteroatoms. The molecule has 0 N–H and O–H groups in total. The molecule has 0 aliphatic rings. The van der Waals surface area contributed by atoms with Gasteiger partial charge in [-0.25, -0.2) is 0 Å². The van der Waals surface area contributed by atoms with Crippen LogP contribution in [0.15, 0.2) is 0 Å². The van der Waals surface area contributed by atoms with Crippen LogP contribution in [0.3, 0.4) is 0 Å². The second-order valence-electron chi connectivity index (χ2n) is 2.50. The van der Waals surface area contributed by atoms with Gasteiger partial charge in [-0.2, -0.15) is 12.6 Å². The zero-order chi connectivity index (χ0) is 8.69. The highest BCUT2D eigenvalue weighted by molar-refractivity contribution is 8.10. The molecule has 0 fully saturated rings. The van der Waals surface area contributed by atoms with E-state index in [9.17, 15) is 0 Å². The average molecular weight is 193 g/mol. The summed E-state index contributed by atoms with van der Waals surface area (Å²) in [5, 5.41) is 0. The van der Waals surface area contributed by atoms with Crippen LogP contribution in [0.25, 0.3) is 0 Å². The summed E-state index contributed by atoms with van der Waals surface area (Å²) in [4.78, 5) is 2.43. The molecule has 1 unspecified atom stereocenters. The Kier molecular flexibility index (Phi) is 7.76. The van der Waals surface area contributed by atoms with Gasteiger partial charge in [-0.3, -0.25) is 0 Å². The first-order valence-corrected chi connectivity index (χ1v) is 5.79. The molecule has 11 heavy (non-hydrogen) atoms. The molecule has 0 aliphatic heterocycles. The van der Waals surface area contributed by atoms with E-state index in [1.807, 2.05) is 11.8 Å². The Morgan fingerprint density at radius 2 is 1.91 bits per heavy atom. The fourth-order valence-corrected chi connectivity index (χ4v) is 1.91. The summed E-state index contributed by atoms with van der Waals surface area (Å²) in [7, 11) is 0. The molecule has 0 saturated carbocycles. The Labute approximate surface area is 80.3 Å². The van der Waals surface area contributed by atoms with Crippen molar-refractivity contribution in [3.05, 3.63) is 0 Å². The number of thioether (sulfide) groups is 1. The standard InChI is InChI=1S/C8H19NS2/c1-4-9(5-2)6-7-11-8(3)10/h8,10H,4-7H2,1-3H3. The lowest BCUT2D eigenvalue weighted by Crippen LogP contribution is -2.25. The third kappa shape index (κ3) is 7.04. The van der Waals surface area contributed by atoms with Crippen molar-refractivity contribution in [1.29, 1.82) is 0 Å². The van der Waals surface area contributed by atoms with Gasteiger partial charge in [0.25, 0.3) is 0 Å². The molecule has 0 aromatic heterocycles. The van der Waals surface area contributed by atoms with E-state index in [1.54, 1.807) is 0 Å². The van der Waals surface area contributed by atoms with E-state index in [-0.39, 0.29) is 0 Å². The van der Waals surface area contributed by atoms with Gasteiger partial charge >= 0.3 is 0 Å². The quantitative estimate of drug-likeness (QED) is 0.509. The summed E-state index contributed by atoms with van der Waals surface area (Å²) >= 11 is 6.22. The smallest absolute Gasteiger partial charge is 0.0444 e. The summed E-state index contributed by atoms with van der Waals surface area (Å²) < 4.78 is 0.477. The fraction of sp³-hybridized carbons (Fsp3) is 1.00. The zero-order valence-electron chi connectivity index (χ0n) is 7.71. The minimum absolute atomic E-state index is 0.477. The first-order valence-electron chi connectivity index (χ1n) is 4.22. The molecule has 0 radical (unpaired) electrons. The van der Waals surface area contributed by atoms with Crippen molar-refractivity contribution >= 4 is 24.4 Å². The van der Waals surface area contributed by atoms with Gasteiger partial charge < -0.3 is 4.90 Å². The highest BCUT2D eigenvalue weighted by Crippen LogP contribution is 2.12. The van der Waals surface area contributed by atoms with E-state index in [0.717, 1.165) is 13.1 Å². The predicted molar refractivity (Wildman–Crippen MR) is 58.7 cm³/mol. The molecule has 0 rings (SSSR count). The van der Waals surface area contributed by atoms with Crippen LogP contribution in [0.1, 0.15) is 20.8 Å². The summed E-state index contributed by atoms with van der Waals surface area (Å²) in [6.07, 6.45) is 0. The molecule has 0 amide bonds. The van der Waals surface area contributed by atoms with Crippen molar-refractivity contribution in [2.24, 2.45) is 0 Å². The summed E-state index contributed by atoms with van der Waals surface area (Å²) in [5.74, 6) is 1.20. The molecular formula is C8H19NS2. The topological polar surface area (TPSA) is 3.24 Å². The number of hydrogen-bond donors (Lipinski definition) is 1. The normalized spacial score (nSPS) is 13.9. The van der Waals surface area contributed by atoms with Crippen molar-refractivity contribution in [2.75, 3.05) is 25.4 Å². The van der Waals surface area contributed by atoms with E-state index in [4.69, 9.17) is 0 Å². The van der Waals surface area contributed by atoms with Gasteiger partial charge in [0.05, 0.1) is 0 Å². The van der Waals surface area contributed by atoms with Crippen LogP contribution in [-0.4, -0.2) is 34.9 Å². The summed E-state index contributed by atoms with van der Waals surface area (Å²) in [6, 6.07) is 0. The van der Waals surface area contributed by atoms with Gasteiger partial charge in [-0.15, -0.1) is 11.8 Å². The predicted octanol–water partition coefficient (Wildman–Crippen LogP) is 2.34. The molecule has 0 aliphatic carbocycles. The Balaban J connectivity index is 3.21. The Bertz CT molecular complexity index is 82.2. The van der Waals surface area contributed by atoms with Crippen molar-refractivity contribution in [2.45, 2.75) is 25.4 Å². The molecule has 68 valence electrons. The molecule has 0 saturated heterocycles. The minimum atomic E-state index is 0.477. The van der Waals surface area contributed by atoms with E-state index < -0.39 is 0 Å². The van der Waals surface area contributed by atoms with Gasteiger partial charge in [-0.1, -0.05) is 13.8 Å².